The normalized spacial score (nSPS) is 18.5. The molecule has 0 saturated carbocycles. The minimum absolute atomic E-state index is 0.0826. The second-order valence-corrected chi connectivity index (χ2v) is 7.34. The van der Waals surface area contributed by atoms with E-state index < -0.39 is 0 Å². The predicted octanol–water partition coefficient (Wildman–Crippen LogP) is 3.68. The molecule has 1 aromatic heterocycles. The Morgan fingerprint density at radius 3 is 2.88 bits per heavy atom. The number of hydrogen-bond donors (Lipinski definition) is 0. The van der Waals surface area contributed by atoms with Crippen molar-refractivity contribution in [1.82, 2.24) is 10.1 Å². The third-order valence-corrected chi connectivity index (χ3v) is 5.77. The smallest absolute Gasteiger partial charge is 0.227 e. The Hall–Kier alpha value is -1.82. The van der Waals surface area contributed by atoms with Crippen LogP contribution in [0.4, 0.5) is 4.39 Å². The number of amides is 1. The van der Waals surface area contributed by atoms with Crippen LogP contribution in [0.3, 0.4) is 0 Å². The molecule has 1 saturated heterocycles. The quantitative estimate of drug-likeness (QED) is 0.849. The number of carbonyl (C=O) groups excluding carboxylic acids is 1. The summed E-state index contributed by atoms with van der Waals surface area (Å²) in [6.07, 6.45) is 1.08. The number of thioether (sulfide) groups is 1. The summed E-state index contributed by atoms with van der Waals surface area (Å²) >= 11 is 1.72. The molecule has 2 aromatic rings. The number of aryl methyl sites for hydroxylation is 2. The number of hydrogen-bond acceptors (Lipinski definition) is 4. The van der Waals surface area contributed by atoms with Gasteiger partial charge < -0.3 is 9.42 Å². The van der Waals surface area contributed by atoms with Crippen LogP contribution in [0.15, 0.2) is 28.8 Å². The first-order chi connectivity index (χ1) is 11.6. The highest BCUT2D eigenvalue weighted by atomic mass is 32.2. The molecule has 1 amide bonds. The predicted molar refractivity (Wildman–Crippen MR) is 92.5 cm³/mol. The molecule has 1 aromatic carbocycles. The highest BCUT2D eigenvalue weighted by Gasteiger charge is 2.25. The first-order valence-electron chi connectivity index (χ1n) is 8.12. The van der Waals surface area contributed by atoms with Gasteiger partial charge in [-0.15, -0.1) is 0 Å². The lowest BCUT2D eigenvalue weighted by molar-refractivity contribution is -0.130. The maximum Gasteiger partial charge on any atom is 0.227 e. The maximum atomic E-state index is 14.0. The van der Waals surface area contributed by atoms with Crippen LogP contribution in [0.25, 0.3) is 0 Å². The van der Waals surface area contributed by atoms with Crippen molar-refractivity contribution in [3.05, 3.63) is 52.7 Å². The lowest BCUT2D eigenvalue weighted by atomic mass is 10.1. The Balaban J connectivity index is 1.65. The standard InChI is InChI=1S/C18H21FN2O2S/c1-12-15(13(2)23-20-12)11-18(22)21-8-7-17(24-10-9-21)14-5-3-4-6-16(14)19/h3-6,17H,7-11H2,1-2H3/t17-/m0/s1. The Morgan fingerprint density at radius 2 is 2.17 bits per heavy atom. The summed E-state index contributed by atoms with van der Waals surface area (Å²) in [4.78, 5) is 14.5. The van der Waals surface area contributed by atoms with Gasteiger partial charge in [0.1, 0.15) is 11.6 Å². The molecule has 2 heterocycles. The van der Waals surface area contributed by atoms with Gasteiger partial charge in [-0.25, -0.2) is 4.39 Å². The van der Waals surface area contributed by atoms with E-state index in [9.17, 15) is 9.18 Å². The average Bonchev–Trinajstić information content (AvgIpc) is 2.79. The molecule has 6 heteroatoms. The van der Waals surface area contributed by atoms with Crippen molar-refractivity contribution in [2.24, 2.45) is 0 Å². The van der Waals surface area contributed by atoms with Gasteiger partial charge in [0.25, 0.3) is 0 Å². The summed E-state index contributed by atoms with van der Waals surface area (Å²) in [5.74, 6) is 1.44. The molecule has 0 unspecified atom stereocenters. The van der Waals surface area contributed by atoms with Crippen molar-refractivity contribution >= 4 is 17.7 Å². The maximum absolute atomic E-state index is 14.0. The summed E-state index contributed by atoms with van der Waals surface area (Å²) in [6, 6.07) is 6.92. The van der Waals surface area contributed by atoms with Crippen LogP contribution in [-0.2, 0) is 11.2 Å². The molecule has 1 fully saturated rings. The van der Waals surface area contributed by atoms with Gasteiger partial charge in [-0.3, -0.25) is 4.79 Å². The van der Waals surface area contributed by atoms with E-state index in [-0.39, 0.29) is 17.0 Å². The van der Waals surface area contributed by atoms with E-state index in [1.165, 1.54) is 6.07 Å². The summed E-state index contributed by atoms with van der Waals surface area (Å²) in [5.41, 5.74) is 2.39. The van der Waals surface area contributed by atoms with Gasteiger partial charge in [0.2, 0.25) is 5.91 Å². The lowest BCUT2D eigenvalue weighted by Gasteiger charge is -2.20. The summed E-state index contributed by atoms with van der Waals surface area (Å²) in [5, 5.41) is 4.00. The fourth-order valence-corrected chi connectivity index (χ4v) is 4.27. The first-order valence-corrected chi connectivity index (χ1v) is 9.16. The third kappa shape index (κ3) is 3.64. The number of aromatic nitrogens is 1. The SMILES string of the molecule is Cc1noc(C)c1CC(=O)N1CCS[C@H](c2ccccc2F)CC1. The van der Waals surface area contributed by atoms with Gasteiger partial charge in [0, 0.05) is 35.2 Å². The van der Waals surface area contributed by atoms with Crippen molar-refractivity contribution < 1.29 is 13.7 Å². The summed E-state index contributed by atoms with van der Waals surface area (Å²) in [7, 11) is 0. The molecule has 0 spiro atoms. The molecule has 0 N–H and O–H groups in total. The summed E-state index contributed by atoms with van der Waals surface area (Å²) < 4.78 is 19.1. The van der Waals surface area contributed by atoms with Gasteiger partial charge in [0.15, 0.2) is 0 Å². The van der Waals surface area contributed by atoms with Crippen molar-refractivity contribution in [2.75, 3.05) is 18.8 Å². The minimum Gasteiger partial charge on any atom is -0.361 e. The van der Waals surface area contributed by atoms with E-state index in [0.29, 0.717) is 25.3 Å². The fraction of sp³-hybridized carbons (Fsp3) is 0.444. The second-order valence-electron chi connectivity index (χ2n) is 6.03. The minimum atomic E-state index is -0.162. The zero-order chi connectivity index (χ0) is 17.1. The van der Waals surface area contributed by atoms with Gasteiger partial charge in [-0.05, 0) is 26.3 Å². The second kappa shape index (κ2) is 7.38. The van der Waals surface area contributed by atoms with E-state index in [1.54, 1.807) is 17.8 Å². The zero-order valence-electron chi connectivity index (χ0n) is 13.9. The number of benzene rings is 1. The molecular weight excluding hydrogens is 327 g/mol. The van der Waals surface area contributed by atoms with Crippen LogP contribution >= 0.6 is 11.8 Å². The Labute approximate surface area is 145 Å². The monoisotopic (exact) mass is 348 g/mol. The fourth-order valence-electron chi connectivity index (χ4n) is 3.02. The third-order valence-electron chi connectivity index (χ3n) is 4.46. The molecular formula is C18H21FN2O2S. The molecule has 1 aliphatic heterocycles. The van der Waals surface area contributed by atoms with Crippen LogP contribution in [-0.4, -0.2) is 34.8 Å². The number of rotatable bonds is 3. The van der Waals surface area contributed by atoms with Crippen LogP contribution < -0.4 is 0 Å². The highest BCUT2D eigenvalue weighted by molar-refractivity contribution is 7.99. The molecule has 4 nitrogen and oxygen atoms in total. The van der Waals surface area contributed by atoms with E-state index in [1.807, 2.05) is 30.9 Å². The van der Waals surface area contributed by atoms with E-state index in [4.69, 9.17) is 4.52 Å². The number of halogens is 1. The number of carbonyl (C=O) groups is 1. The molecule has 1 atom stereocenters. The molecule has 24 heavy (non-hydrogen) atoms. The zero-order valence-corrected chi connectivity index (χ0v) is 14.7. The van der Waals surface area contributed by atoms with Crippen LogP contribution in [0.2, 0.25) is 0 Å². The van der Waals surface area contributed by atoms with Crippen LogP contribution in [0, 0.1) is 19.7 Å². The molecule has 1 aliphatic rings. The Bertz CT molecular complexity index is 712. The van der Waals surface area contributed by atoms with Gasteiger partial charge in [0.05, 0.1) is 12.1 Å². The van der Waals surface area contributed by atoms with Gasteiger partial charge >= 0.3 is 0 Å². The Morgan fingerprint density at radius 1 is 1.38 bits per heavy atom. The van der Waals surface area contributed by atoms with Gasteiger partial charge in [-0.2, -0.15) is 11.8 Å². The van der Waals surface area contributed by atoms with Crippen molar-refractivity contribution in [1.29, 1.82) is 0 Å². The van der Waals surface area contributed by atoms with Gasteiger partial charge in [-0.1, -0.05) is 23.4 Å². The summed E-state index contributed by atoms with van der Waals surface area (Å²) in [6.45, 7) is 5.02. The van der Waals surface area contributed by atoms with Crippen molar-refractivity contribution in [2.45, 2.75) is 31.9 Å². The average molecular weight is 348 g/mol. The Kier molecular flexibility index (Phi) is 5.23. The molecule has 0 aliphatic carbocycles. The van der Waals surface area contributed by atoms with E-state index >= 15 is 0 Å². The highest BCUT2D eigenvalue weighted by Crippen LogP contribution is 2.35. The first kappa shape index (κ1) is 17.0. The van der Waals surface area contributed by atoms with Crippen molar-refractivity contribution in [3.63, 3.8) is 0 Å². The topological polar surface area (TPSA) is 46.3 Å². The number of nitrogens with zero attached hydrogens (tertiary/aromatic N) is 2. The largest absolute Gasteiger partial charge is 0.361 e. The molecule has 3 rings (SSSR count). The molecule has 0 bridgehead atoms. The van der Waals surface area contributed by atoms with E-state index in [2.05, 4.69) is 5.16 Å². The van der Waals surface area contributed by atoms with Crippen molar-refractivity contribution in [3.8, 4) is 0 Å². The molecule has 128 valence electrons. The van der Waals surface area contributed by atoms with Crippen LogP contribution in [0.5, 0.6) is 0 Å². The molecule has 0 radical (unpaired) electrons. The van der Waals surface area contributed by atoms with E-state index in [0.717, 1.165) is 29.0 Å². The lowest BCUT2D eigenvalue weighted by Crippen LogP contribution is -2.34. The van der Waals surface area contributed by atoms with Crippen LogP contribution in [0.1, 0.15) is 34.3 Å².